The van der Waals surface area contributed by atoms with Crippen LogP contribution in [-0.4, -0.2) is 10.1 Å². The molecule has 0 spiro atoms. The van der Waals surface area contributed by atoms with Gasteiger partial charge in [0.15, 0.2) is 5.82 Å². The van der Waals surface area contributed by atoms with Crippen LogP contribution in [-0.2, 0) is 5.88 Å². The molecular weight excluding hydrogens is 200 g/mol. The topological polar surface area (TPSA) is 38.9 Å². The SMILES string of the molecule is Cc1ccc(-c2nc(CCl)no2)cc1. The minimum atomic E-state index is 0.273. The van der Waals surface area contributed by atoms with E-state index in [0.29, 0.717) is 11.7 Å². The molecule has 3 nitrogen and oxygen atoms in total. The number of aromatic nitrogens is 2. The zero-order valence-corrected chi connectivity index (χ0v) is 8.45. The van der Waals surface area contributed by atoms with Crippen LogP contribution in [0.5, 0.6) is 0 Å². The van der Waals surface area contributed by atoms with Crippen LogP contribution in [0.2, 0.25) is 0 Å². The molecule has 2 rings (SSSR count). The molecule has 0 fully saturated rings. The maximum atomic E-state index is 5.57. The zero-order chi connectivity index (χ0) is 9.97. The van der Waals surface area contributed by atoms with E-state index in [1.807, 2.05) is 31.2 Å². The summed E-state index contributed by atoms with van der Waals surface area (Å²) in [7, 11) is 0. The number of benzene rings is 1. The van der Waals surface area contributed by atoms with E-state index < -0.39 is 0 Å². The Labute approximate surface area is 86.7 Å². The Kier molecular flexibility index (Phi) is 2.50. The fourth-order valence-electron chi connectivity index (χ4n) is 1.12. The van der Waals surface area contributed by atoms with E-state index in [0.717, 1.165) is 5.56 Å². The molecule has 0 amide bonds. The molecule has 1 aromatic carbocycles. The first-order valence-electron chi connectivity index (χ1n) is 4.25. The molecular formula is C10H9ClN2O. The minimum absolute atomic E-state index is 0.273. The standard InChI is InChI=1S/C10H9ClN2O/c1-7-2-4-8(5-3-7)10-12-9(6-11)13-14-10/h2-5H,6H2,1H3. The Bertz CT molecular complexity index is 422. The number of rotatable bonds is 2. The largest absolute Gasteiger partial charge is 0.334 e. The molecule has 2 aromatic rings. The smallest absolute Gasteiger partial charge is 0.257 e. The van der Waals surface area contributed by atoms with Crippen LogP contribution in [0.15, 0.2) is 28.8 Å². The molecule has 0 aliphatic rings. The first-order chi connectivity index (χ1) is 6.79. The quantitative estimate of drug-likeness (QED) is 0.713. The van der Waals surface area contributed by atoms with Gasteiger partial charge in [-0.05, 0) is 19.1 Å². The molecule has 0 radical (unpaired) electrons. The molecule has 0 saturated carbocycles. The molecule has 0 bridgehead atoms. The van der Waals surface area contributed by atoms with Gasteiger partial charge in [-0.15, -0.1) is 11.6 Å². The van der Waals surface area contributed by atoms with Gasteiger partial charge in [-0.2, -0.15) is 4.98 Å². The van der Waals surface area contributed by atoms with Crippen LogP contribution >= 0.6 is 11.6 Å². The second-order valence-corrected chi connectivity index (χ2v) is 3.28. The summed E-state index contributed by atoms with van der Waals surface area (Å²) >= 11 is 5.57. The number of hydrogen-bond acceptors (Lipinski definition) is 3. The number of halogens is 1. The lowest BCUT2D eigenvalue weighted by atomic mass is 10.1. The average Bonchev–Trinajstić information content (AvgIpc) is 2.67. The second kappa shape index (κ2) is 3.80. The lowest BCUT2D eigenvalue weighted by Crippen LogP contribution is -1.81. The predicted octanol–water partition coefficient (Wildman–Crippen LogP) is 2.78. The van der Waals surface area contributed by atoms with Gasteiger partial charge < -0.3 is 4.52 Å². The van der Waals surface area contributed by atoms with Gasteiger partial charge in [-0.25, -0.2) is 0 Å². The van der Waals surface area contributed by atoms with Crippen molar-refractivity contribution in [2.24, 2.45) is 0 Å². The molecule has 0 aliphatic heterocycles. The highest BCUT2D eigenvalue weighted by Crippen LogP contribution is 2.17. The van der Waals surface area contributed by atoms with E-state index in [-0.39, 0.29) is 5.88 Å². The van der Waals surface area contributed by atoms with Crippen LogP contribution in [0, 0.1) is 6.92 Å². The van der Waals surface area contributed by atoms with Gasteiger partial charge in [0.2, 0.25) is 0 Å². The van der Waals surface area contributed by atoms with Crippen molar-refractivity contribution < 1.29 is 4.52 Å². The van der Waals surface area contributed by atoms with E-state index in [2.05, 4.69) is 10.1 Å². The number of alkyl halides is 1. The molecule has 14 heavy (non-hydrogen) atoms. The Balaban J connectivity index is 2.34. The van der Waals surface area contributed by atoms with Gasteiger partial charge in [0, 0.05) is 5.56 Å². The highest BCUT2D eigenvalue weighted by Gasteiger charge is 2.06. The van der Waals surface area contributed by atoms with Crippen LogP contribution < -0.4 is 0 Å². The van der Waals surface area contributed by atoms with Crippen molar-refractivity contribution in [1.29, 1.82) is 0 Å². The van der Waals surface area contributed by atoms with Crippen LogP contribution in [0.25, 0.3) is 11.5 Å². The third-order valence-corrected chi connectivity index (χ3v) is 2.13. The normalized spacial score (nSPS) is 10.4. The molecule has 0 unspecified atom stereocenters. The first-order valence-corrected chi connectivity index (χ1v) is 4.78. The van der Waals surface area contributed by atoms with Crippen molar-refractivity contribution in [3.63, 3.8) is 0 Å². The van der Waals surface area contributed by atoms with E-state index in [4.69, 9.17) is 16.1 Å². The maximum absolute atomic E-state index is 5.57. The van der Waals surface area contributed by atoms with E-state index >= 15 is 0 Å². The van der Waals surface area contributed by atoms with Gasteiger partial charge in [0.1, 0.15) is 0 Å². The fraction of sp³-hybridized carbons (Fsp3) is 0.200. The van der Waals surface area contributed by atoms with Crippen molar-refractivity contribution >= 4 is 11.6 Å². The Morgan fingerprint density at radius 1 is 1.29 bits per heavy atom. The number of nitrogens with zero attached hydrogens (tertiary/aromatic N) is 2. The Morgan fingerprint density at radius 2 is 2.00 bits per heavy atom. The highest BCUT2D eigenvalue weighted by atomic mass is 35.5. The summed E-state index contributed by atoms with van der Waals surface area (Å²) in [6.07, 6.45) is 0. The summed E-state index contributed by atoms with van der Waals surface area (Å²) in [4.78, 5) is 4.12. The fourth-order valence-corrected chi connectivity index (χ4v) is 1.23. The average molecular weight is 209 g/mol. The molecule has 1 aromatic heterocycles. The third kappa shape index (κ3) is 1.77. The van der Waals surface area contributed by atoms with Gasteiger partial charge in [0.25, 0.3) is 5.89 Å². The van der Waals surface area contributed by atoms with Gasteiger partial charge in [-0.3, -0.25) is 0 Å². The summed E-state index contributed by atoms with van der Waals surface area (Å²) in [6, 6.07) is 7.89. The summed E-state index contributed by atoms with van der Waals surface area (Å²) < 4.78 is 5.04. The van der Waals surface area contributed by atoms with Crippen LogP contribution in [0.1, 0.15) is 11.4 Å². The van der Waals surface area contributed by atoms with Crippen molar-refractivity contribution in [3.05, 3.63) is 35.7 Å². The van der Waals surface area contributed by atoms with Crippen LogP contribution in [0.3, 0.4) is 0 Å². The van der Waals surface area contributed by atoms with E-state index in [1.54, 1.807) is 0 Å². The van der Waals surface area contributed by atoms with E-state index in [9.17, 15) is 0 Å². The zero-order valence-electron chi connectivity index (χ0n) is 7.70. The molecule has 0 N–H and O–H groups in total. The van der Waals surface area contributed by atoms with Crippen LogP contribution in [0.4, 0.5) is 0 Å². The lowest BCUT2D eigenvalue weighted by Gasteiger charge is -1.93. The van der Waals surface area contributed by atoms with Gasteiger partial charge in [-0.1, -0.05) is 22.9 Å². The summed E-state index contributed by atoms with van der Waals surface area (Å²) in [5, 5.41) is 3.72. The number of aryl methyl sites for hydroxylation is 1. The van der Waals surface area contributed by atoms with Crippen molar-refractivity contribution in [2.45, 2.75) is 12.8 Å². The molecule has 4 heteroatoms. The second-order valence-electron chi connectivity index (χ2n) is 3.02. The lowest BCUT2D eigenvalue weighted by molar-refractivity contribution is 0.425. The maximum Gasteiger partial charge on any atom is 0.257 e. The minimum Gasteiger partial charge on any atom is -0.334 e. The third-order valence-electron chi connectivity index (χ3n) is 1.89. The molecule has 1 heterocycles. The van der Waals surface area contributed by atoms with Gasteiger partial charge in [0.05, 0.1) is 5.88 Å². The summed E-state index contributed by atoms with van der Waals surface area (Å²) in [6.45, 7) is 2.03. The molecule has 72 valence electrons. The predicted molar refractivity (Wildman–Crippen MR) is 54.0 cm³/mol. The van der Waals surface area contributed by atoms with Crippen molar-refractivity contribution in [1.82, 2.24) is 10.1 Å². The molecule has 0 aliphatic carbocycles. The van der Waals surface area contributed by atoms with E-state index in [1.165, 1.54) is 5.56 Å². The molecule has 0 saturated heterocycles. The van der Waals surface area contributed by atoms with Gasteiger partial charge >= 0.3 is 0 Å². The van der Waals surface area contributed by atoms with Crippen molar-refractivity contribution in [3.8, 4) is 11.5 Å². The first kappa shape index (κ1) is 9.21. The summed E-state index contributed by atoms with van der Waals surface area (Å²) in [5.74, 6) is 1.30. The monoisotopic (exact) mass is 208 g/mol. The summed E-state index contributed by atoms with van der Waals surface area (Å²) in [5.41, 5.74) is 2.12. The molecule has 0 atom stereocenters. The highest BCUT2D eigenvalue weighted by molar-refractivity contribution is 6.16. The Hall–Kier alpha value is -1.35. The van der Waals surface area contributed by atoms with Crippen molar-refractivity contribution in [2.75, 3.05) is 0 Å². The Morgan fingerprint density at radius 3 is 2.57 bits per heavy atom. The number of hydrogen-bond donors (Lipinski definition) is 0.